The van der Waals surface area contributed by atoms with Crippen molar-refractivity contribution in [2.75, 3.05) is 17.7 Å². The molecule has 2 N–H and O–H groups in total. The summed E-state index contributed by atoms with van der Waals surface area (Å²) in [4.78, 5) is 24.8. The molecule has 0 bridgehead atoms. The SMILES string of the molecule is CN(C1CCCCC1)S(=O)(=O)c1ccc(NC(=O)c2ccc(NC(=O)c3ccco3)cc2)cc1. The average Bonchev–Trinajstić information content (AvgIpc) is 3.40. The smallest absolute Gasteiger partial charge is 0.291 e. The number of carbonyl (C=O) groups is 2. The number of nitrogens with one attached hydrogen (secondary N) is 2. The zero-order chi connectivity index (χ0) is 24.1. The summed E-state index contributed by atoms with van der Waals surface area (Å²) in [7, 11) is -1.95. The molecule has 1 aliphatic rings. The minimum absolute atomic E-state index is 0.0324. The number of sulfonamides is 1. The summed E-state index contributed by atoms with van der Waals surface area (Å²) < 4.78 is 32.5. The van der Waals surface area contributed by atoms with E-state index in [-0.39, 0.29) is 28.5 Å². The number of carbonyl (C=O) groups excluding carboxylic acids is 2. The Morgan fingerprint density at radius 1 is 0.853 bits per heavy atom. The molecule has 1 fully saturated rings. The highest BCUT2D eigenvalue weighted by Crippen LogP contribution is 2.27. The van der Waals surface area contributed by atoms with Gasteiger partial charge in [-0.2, -0.15) is 4.31 Å². The quantitative estimate of drug-likeness (QED) is 0.507. The second-order valence-electron chi connectivity index (χ2n) is 8.30. The van der Waals surface area contributed by atoms with Crippen LogP contribution >= 0.6 is 0 Å². The second kappa shape index (κ2) is 10.2. The monoisotopic (exact) mass is 481 g/mol. The highest BCUT2D eigenvalue weighted by molar-refractivity contribution is 7.89. The largest absolute Gasteiger partial charge is 0.459 e. The van der Waals surface area contributed by atoms with Gasteiger partial charge in [-0.25, -0.2) is 8.42 Å². The Hall–Kier alpha value is -3.43. The van der Waals surface area contributed by atoms with Crippen LogP contribution in [0.1, 0.15) is 53.0 Å². The van der Waals surface area contributed by atoms with Crippen LogP contribution in [-0.4, -0.2) is 37.6 Å². The lowest BCUT2D eigenvalue weighted by Gasteiger charge is -2.30. The first kappa shape index (κ1) is 23.7. The van der Waals surface area contributed by atoms with Crippen molar-refractivity contribution in [2.45, 2.75) is 43.0 Å². The van der Waals surface area contributed by atoms with Crippen molar-refractivity contribution >= 4 is 33.2 Å². The van der Waals surface area contributed by atoms with Gasteiger partial charge in [0.15, 0.2) is 5.76 Å². The summed E-state index contributed by atoms with van der Waals surface area (Å²) in [6, 6.07) is 15.8. The van der Waals surface area contributed by atoms with E-state index in [9.17, 15) is 18.0 Å². The van der Waals surface area contributed by atoms with Crippen molar-refractivity contribution in [1.29, 1.82) is 0 Å². The molecule has 2 aromatic carbocycles. The number of furan rings is 1. The standard InChI is InChI=1S/C25H27N3O5S/c1-28(21-6-3-2-4-7-21)34(31,32)22-15-13-20(14-16-22)26-24(29)18-9-11-19(12-10-18)27-25(30)23-8-5-17-33-23/h5,8-17,21H,2-4,6-7H2,1H3,(H,26,29)(H,27,30). The van der Waals surface area contributed by atoms with Gasteiger partial charge >= 0.3 is 0 Å². The van der Waals surface area contributed by atoms with E-state index in [0.29, 0.717) is 16.9 Å². The minimum atomic E-state index is -3.59. The van der Waals surface area contributed by atoms with Gasteiger partial charge in [0.05, 0.1) is 11.2 Å². The third-order valence-electron chi connectivity index (χ3n) is 6.03. The molecule has 4 rings (SSSR count). The number of amides is 2. The molecule has 0 aliphatic heterocycles. The van der Waals surface area contributed by atoms with Crippen LogP contribution in [0.5, 0.6) is 0 Å². The molecule has 8 nitrogen and oxygen atoms in total. The lowest BCUT2D eigenvalue weighted by molar-refractivity contribution is 0.0995. The van der Waals surface area contributed by atoms with Crippen LogP contribution in [0.15, 0.2) is 76.2 Å². The molecule has 9 heteroatoms. The van der Waals surface area contributed by atoms with Crippen molar-refractivity contribution < 1.29 is 22.4 Å². The maximum atomic E-state index is 13.0. The fourth-order valence-corrected chi connectivity index (χ4v) is 5.44. The zero-order valence-corrected chi connectivity index (χ0v) is 19.7. The van der Waals surface area contributed by atoms with Crippen LogP contribution in [0.3, 0.4) is 0 Å². The zero-order valence-electron chi connectivity index (χ0n) is 18.9. The third kappa shape index (κ3) is 5.37. The molecule has 178 valence electrons. The van der Waals surface area contributed by atoms with Gasteiger partial charge in [-0.3, -0.25) is 9.59 Å². The Morgan fingerprint density at radius 2 is 1.44 bits per heavy atom. The van der Waals surface area contributed by atoms with E-state index < -0.39 is 10.0 Å². The lowest BCUT2D eigenvalue weighted by Crippen LogP contribution is -2.38. The molecule has 0 spiro atoms. The Labute approximate surface area is 199 Å². The number of benzene rings is 2. The van der Waals surface area contributed by atoms with Crippen molar-refractivity contribution in [3.8, 4) is 0 Å². The summed E-state index contributed by atoms with van der Waals surface area (Å²) in [6.07, 6.45) is 6.43. The van der Waals surface area contributed by atoms with Crippen LogP contribution in [0.25, 0.3) is 0 Å². The molecular formula is C25H27N3O5S. The van der Waals surface area contributed by atoms with Gasteiger partial charge in [0, 0.05) is 30.0 Å². The molecule has 1 heterocycles. The van der Waals surface area contributed by atoms with Crippen molar-refractivity contribution in [3.05, 3.63) is 78.3 Å². The minimum Gasteiger partial charge on any atom is -0.459 e. The Morgan fingerprint density at radius 3 is 2.03 bits per heavy atom. The van der Waals surface area contributed by atoms with Gasteiger partial charge in [-0.05, 0) is 73.5 Å². The normalized spacial score (nSPS) is 14.6. The number of nitrogens with zero attached hydrogens (tertiary/aromatic N) is 1. The van der Waals surface area contributed by atoms with Crippen LogP contribution in [0.2, 0.25) is 0 Å². The highest BCUT2D eigenvalue weighted by atomic mass is 32.2. The Bertz CT molecular complexity index is 1230. The molecule has 0 atom stereocenters. The van der Waals surface area contributed by atoms with E-state index in [1.165, 1.54) is 22.7 Å². The summed E-state index contributed by atoms with van der Waals surface area (Å²) in [5, 5.41) is 5.45. The Kier molecular flexibility index (Phi) is 7.14. The maximum absolute atomic E-state index is 13.0. The van der Waals surface area contributed by atoms with Crippen LogP contribution in [0.4, 0.5) is 11.4 Å². The first-order valence-electron chi connectivity index (χ1n) is 11.2. The summed E-state index contributed by atoms with van der Waals surface area (Å²) in [5.41, 5.74) is 1.40. The molecule has 34 heavy (non-hydrogen) atoms. The van der Waals surface area contributed by atoms with E-state index in [1.54, 1.807) is 55.6 Å². The molecule has 0 unspecified atom stereocenters. The van der Waals surface area contributed by atoms with Crippen LogP contribution in [-0.2, 0) is 10.0 Å². The molecule has 0 radical (unpaired) electrons. The van der Waals surface area contributed by atoms with Gasteiger partial charge in [0.25, 0.3) is 11.8 Å². The first-order chi connectivity index (χ1) is 16.3. The van der Waals surface area contributed by atoms with Crippen molar-refractivity contribution in [2.24, 2.45) is 0 Å². The summed E-state index contributed by atoms with van der Waals surface area (Å²) in [5.74, 6) is -0.539. The molecule has 0 saturated heterocycles. The molecule has 1 aromatic heterocycles. The van der Waals surface area contributed by atoms with Gasteiger partial charge in [0.2, 0.25) is 10.0 Å². The highest BCUT2D eigenvalue weighted by Gasteiger charge is 2.29. The van der Waals surface area contributed by atoms with Crippen LogP contribution < -0.4 is 10.6 Å². The number of anilines is 2. The number of rotatable bonds is 7. The lowest BCUT2D eigenvalue weighted by atomic mass is 9.96. The average molecular weight is 482 g/mol. The molecule has 1 saturated carbocycles. The van der Waals surface area contributed by atoms with Gasteiger partial charge in [-0.15, -0.1) is 0 Å². The molecular weight excluding hydrogens is 454 g/mol. The molecule has 1 aliphatic carbocycles. The number of hydrogen-bond donors (Lipinski definition) is 2. The van der Waals surface area contributed by atoms with Crippen LogP contribution in [0, 0.1) is 0 Å². The fourth-order valence-electron chi connectivity index (χ4n) is 4.03. The second-order valence-corrected chi connectivity index (χ2v) is 10.3. The topological polar surface area (TPSA) is 109 Å². The van der Waals surface area contributed by atoms with Gasteiger partial charge < -0.3 is 15.1 Å². The van der Waals surface area contributed by atoms with Gasteiger partial charge in [0.1, 0.15) is 0 Å². The van der Waals surface area contributed by atoms with E-state index >= 15 is 0 Å². The molecule has 3 aromatic rings. The van der Waals surface area contributed by atoms with Crippen molar-refractivity contribution in [3.63, 3.8) is 0 Å². The Balaban J connectivity index is 1.37. The van der Waals surface area contributed by atoms with E-state index in [2.05, 4.69) is 10.6 Å². The molecule has 2 amide bonds. The van der Waals surface area contributed by atoms with E-state index in [0.717, 1.165) is 32.1 Å². The summed E-state index contributed by atoms with van der Waals surface area (Å²) in [6.45, 7) is 0. The van der Waals surface area contributed by atoms with Crippen molar-refractivity contribution in [1.82, 2.24) is 4.31 Å². The third-order valence-corrected chi connectivity index (χ3v) is 7.95. The summed E-state index contributed by atoms with van der Waals surface area (Å²) >= 11 is 0. The predicted molar refractivity (Wildman–Crippen MR) is 129 cm³/mol. The fraction of sp³-hybridized carbons (Fsp3) is 0.280. The van der Waals surface area contributed by atoms with E-state index in [4.69, 9.17) is 4.42 Å². The van der Waals surface area contributed by atoms with Gasteiger partial charge in [-0.1, -0.05) is 19.3 Å². The predicted octanol–water partition coefficient (Wildman–Crippen LogP) is 4.74. The van der Waals surface area contributed by atoms with E-state index in [1.807, 2.05) is 0 Å². The number of hydrogen-bond acceptors (Lipinski definition) is 5. The first-order valence-corrected chi connectivity index (χ1v) is 12.6. The maximum Gasteiger partial charge on any atom is 0.291 e.